The molecule has 13 nitrogen and oxygen atoms in total. The molecule has 0 bridgehead atoms. The number of hydrogen-bond donors (Lipinski definition) is 4. The minimum Gasteiger partial charge on any atom is -1.00 e. The Balaban J connectivity index is -0.000000227. The Kier molecular flexibility index (Phi) is 91.5. The third-order valence-electron chi connectivity index (χ3n) is 19.2. The van der Waals surface area contributed by atoms with Gasteiger partial charge in [0, 0.05) is 47.9 Å². The summed E-state index contributed by atoms with van der Waals surface area (Å²) in [4.78, 5) is 10.8. The van der Waals surface area contributed by atoms with E-state index in [0.29, 0.717) is 58.3 Å². The Bertz CT molecular complexity index is 4890. The van der Waals surface area contributed by atoms with Gasteiger partial charge in [-0.1, -0.05) is 204 Å². The molecule has 0 aliphatic carbocycles. The van der Waals surface area contributed by atoms with Crippen molar-refractivity contribution in [3.63, 3.8) is 0 Å². The van der Waals surface area contributed by atoms with Gasteiger partial charge in [0.2, 0.25) is 0 Å². The number of ether oxygens (including phenoxy) is 4. The molecule has 138 heavy (non-hydrogen) atoms. The largest absolute Gasteiger partial charge is 2.00 e. The van der Waals surface area contributed by atoms with Crippen LogP contribution in [0.3, 0.4) is 0 Å². The van der Waals surface area contributed by atoms with E-state index in [1.54, 1.807) is 76.4 Å². The molecule has 0 heterocycles. The fourth-order valence-electron chi connectivity index (χ4n) is 11.9. The fraction of sp³-hybridized carbons (Fsp3) is 0.417. The number of methoxy groups -OCH3 is 4. The molecular formula is C108H148BCl3F6I3LiMgO13RbS. The zero-order valence-electron chi connectivity index (χ0n) is 87.2. The molecule has 0 unspecified atom stereocenters. The van der Waals surface area contributed by atoms with E-state index < -0.39 is 75.0 Å². The molecule has 10 aromatic rings. The summed E-state index contributed by atoms with van der Waals surface area (Å²) in [5.41, 5.74) is 17.6. The second-order valence-electron chi connectivity index (χ2n) is 32.5. The Labute approximate surface area is 956 Å². The van der Waals surface area contributed by atoms with Crippen molar-refractivity contribution in [2.45, 2.75) is 253 Å². The predicted molar refractivity (Wildman–Crippen MR) is 583 cm³/mol. The van der Waals surface area contributed by atoms with Crippen LogP contribution in [0.25, 0.3) is 22.3 Å². The third-order valence-corrected chi connectivity index (χ3v) is 24.4. The second kappa shape index (κ2) is 84.4. The molecule has 0 aromatic heterocycles. The van der Waals surface area contributed by atoms with Gasteiger partial charge in [-0.05, 0) is 274 Å². The molecule has 4 N–H and O–H groups in total. The first-order valence-electron chi connectivity index (χ1n) is 43.7. The zero-order valence-corrected chi connectivity index (χ0v) is 103. The van der Waals surface area contributed by atoms with Crippen molar-refractivity contribution < 1.29 is 174 Å². The molecule has 0 fully saturated rings. The van der Waals surface area contributed by atoms with Gasteiger partial charge < -0.3 is 70.7 Å². The molecule has 0 amide bonds. The number of hydrogen-bond acceptors (Lipinski definition) is 13. The summed E-state index contributed by atoms with van der Waals surface area (Å²) in [6.45, 7) is 49.9. The average Bonchev–Trinajstić information content (AvgIpc) is 0.793. The zero-order chi connectivity index (χ0) is 101. The number of aryl methyl sites for hydroxylation is 7. The van der Waals surface area contributed by atoms with Crippen molar-refractivity contribution >= 4 is 137 Å². The van der Waals surface area contributed by atoms with E-state index in [1.807, 2.05) is 185 Å². The molecule has 10 aromatic carbocycles. The summed E-state index contributed by atoms with van der Waals surface area (Å²) in [6, 6.07) is 48.6. The van der Waals surface area contributed by atoms with E-state index in [0.717, 1.165) is 134 Å². The number of ketones is 1. The van der Waals surface area contributed by atoms with E-state index in [-0.39, 0.29) is 217 Å². The molecule has 0 atom stereocenters. The molecule has 0 saturated heterocycles. The number of carbonyl (C=O) groups is 1. The van der Waals surface area contributed by atoms with Crippen molar-refractivity contribution in [3.05, 3.63) is 313 Å². The Morgan fingerprint density at radius 2 is 0.826 bits per heavy atom. The number of aliphatic hydroxyl groups is 3. The summed E-state index contributed by atoms with van der Waals surface area (Å²) in [6.07, 6.45) is 5.52. The van der Waals surface area contributed by atoms with Gasteiger partial charge in [0.05, 0.1) is 52.8 Å². The van der Waals surface area contributed by atoms with Gasteiger partial charge >= 0.3 is 108 Å². The summed E-state index contributed by atoms with van der Waals surface area (Å²) in [5, 5.41) is 37.2. The molecule has 30 heteroatoms. The van der Waals surface area contributed by atoms with Gasteiger partial charge in [-0.2, -0.15) is 26.0 Å². The number of Topliss-reactive ketones (excluding diaryl/α,β-unsaturated/α-hetero) is 1. The van der Waals surface area contributed by atoms with E-state index in [1.165, 1.54) is 70.6 Å². The summed E-state index contributed by atoms with van der Waals surface area (Å²) in [5.74, 6) is 2.25. The van der Waals surface area contributed by atoms with Gasteiger partial charge in [0.1, 0.15) is 116 Å². The van der Waals surface area contributed by atoms with Crippen LogP contribution in [0.1, 0.15) is 279 Å². The molecule has 0 aliphatic heterocycles. The maximum absolute atomic E-state index is 14.0. The van der Waals surface area contributed by atoms with Gasteiger partial charge in [0.15, 0.2) is 5.78 Å². The number of benzene rings is 10. The standard InChI is InChI=1S/C18H20ClF.C18H21FO.C11H16O2.C10H13BFO2.C10H13FO.C10H12FO.C9H9FO2.C8H9ClO.C4H9.3C3H7IO.CH3.ClH.Li.Mg.Rb.H2S/c1-11(2)16-9-17(13(4)8-18(16)20)15-6-5-12(3)7-14(15)10-19;1-11(2)16-9-17(13(4)8-18(16)19)15-6-5-12(3)7-14(15)10-20;1-8-7-9(13-4)5-6-10(8)11(2,3)12;1-6(2)8-5-10(14-11-13)7(3)4-9(8)12;2*1-7(2)9-5-4-8(12-3)6-10(9)11;1-6(11)8-4-3-7(12-2)5-9(8)10;1-6-2-3-8(9)7(4-6)5-10;1-3-4-2;3*1-2-3-4-5;;;;;;/h5-9,11H,10H2,1-4H3;5-9,11,20H,10H2,1-4H3;5-7,12H,1-4H3;4-6,13H,1-3H3;4-7H,1-3H3;5-7H,1-3H3;3-5H,1-2H3;2-4,10H,5H2,1H3;1,3-4H2,2H3;3*2-3H2,1H3;1H3;1H;;;;1H2/q;;;;;-1;;;-1;;;;-1;;+1;+2;+1;/p-1. The molecule has 755 valence electrons. The number of aliphatic hydroxyl groups excluding tert-OH is 2. The van der Waals surface area contributed by atoms with Crippen LogP contribution in [-0.2, 0) is 33.9 Å². The van der Waals surface area contributed by atoms with Gasteiger partial charge in [0.25, 0.3) is 0 Å². The molecule has 0 saturated carbocycles. The molecule has 0 aliphatic rings. The number of carbonyl (C=O) groups excluding carboxylic acids is 1. The first-order chi connectivity index (χ1) is 62.2. The Morgan fingerprint density at radius 3 is 1.14 bits per heavy atom. The van der Waals surface area contributed by atoms with Gasteiger partial charge in [-0.3, -0.25) is 14.0 Å². The van der Waals surface area contributed by atoms with Crippen molar-refractivity contribution in [3.8, 4) is 51.0 Å². The van der Waals surface area contributed by atoms with E-state index in [2.05, 4.69) is 45.0 Å². The van der Waals surface area contributed by atoms with E-state index >= 15 is 0 Å². The monoisotopic (exact) mass is 2410 g/mol. The minimum atomic E-state index is -0.781. The van der Waals surface area contributed by atoms with Crippen LogP contribution in [-0.4, -0.2) is 98.6 Å². The number of rotatable bonds is 25. The fourth-order valence-corrected chi connectivity index (χ4v) is 13.6. The average molecular weight is 2420 g/mol. The van der Waals surface area contributed by atoms with Crippen molar-refractivity contribution in [1.29, 1.82) is 0 Å². The normalized spacial score (nSPS) is 9.84. The maximum Gasteiger partial charge on any atom is 2.00 e. The third kappa shape index (κ3) is 58.6. The Hall–Kier alpha value is -3.67. The topological polar surface area (TPSA) is 195 Å². The smallest absolute Gasteiger partial charge is 1.00 e. The maximum atomic E-state index is 14.0. The number of halogens is 12. The van der Waals surface area contributed by atoms with Crippen LogP contribution in [0.5, 0.6) is 28.7 Å². The first kappa shape index (κ1) is 150. The Morgan fingerprint density at radius 1 is 0.471 bits per heavy atom. The van der Waals surface area contributed by atoms with E-state index in [9.17, 15) is 50.6 Å². The second-order valence-corrected chi connectivity index (χ2v) is 38.2. The summed E-state index contributed by atoms with van der Waals surface area (Å²) < 4.78 is 137. The van der Waals surface area contributed by atoms with Crippen LogP contribution in [0.4, 0.5) is 26.3 Å². The predicted octanol–water partition coefficient (Wildman–Crippen LogP) is 22.9. The number of alkyl halides is 4. The quantitative estimate of drug-likeness (QED) is 0.0105. The van der Waals surface area contributed by atoms with Crippen molar-refractivity contribution in [2.75, 3.05) is 41.7 Å². The van der Waals surface area contributed by atoms with Crippen molar-refractivity contribution in [1.82, 2.24) is 0 Å². The minimum absolute atomic E-state index is 0. The van der Waals surface area contributed by atoms with Crippen LogP contribution in [0.15, 0.2) is 158 Å². The van der Waals surface area contributed by atoms with Crippen LogP contribution < -0.4 is 113 Å². The molecule has 10 rings (SSSR count). The molecule has 1 radical (unpaired) electrons. The molecule has 0 spiro atoms. The van der Waals surface area contributed by atoms with Crippen LogP contribution in [0.2, 0.25) is 5.02 Å². The van der Waals surface area contributed by atoms with Crippen LogP contribution in [0, 0.1) is 104 Å². The van der Waals surface area contributed by atoms with E-state index in [4.69, 9.17) is 56.9 Å². The number of unbranched alkanes of at least 4 members (excludes halogenated alkanes) is 1. The SMILES string of the molecule is CCCI=O.CCCI=O.CCCI=O.COc1[c-]cc(C(C)C)c(F)c1.COc1ccc(C(C)(C)O)c(C)c1.COc1ccc(C(C)=O)c(F)c1.COc1ccc(C(C)C)c(F)c1.Cc1cc(F)c(C(C)C)cc1O[B]O.Cc1ccc(-c2cc(C(C)C)c(F)cc2C)c(CCl)c1.Cc1ccc(-c2cc(C(C)C)c(F)cc2C)c(CO)c1.Cc1ccc(Cl)c(CO)c1.S.[CH2-]CCC.[CH3-].[Cl-].[Li+].[Mg+2].[Rb+]. The molecular weight excluding hydrogens is 2270 g/mol. The van der Waals surface area contributed by atoms with Crippen molar-refractivity contribution in [2.24, 2.45) is 0 Å². The van der Waals surface area contributed by atoms with Gasteiger partial charge in [-0.15, -0.1) is 23.2 Å². The van der Waals surface area contributed by atoms with Crippen LogP contribution >= 0.6 is 100 Å². The van der Waals surface area contributed by atoms with Gasteiger partial charge in [-0.25, -0.2) is 26.3 Å². The summed E-state index contributed by atoms with van der Waals surface area (Å²) >= 11 is 9.87. The first-order valence-corrected chi connectivity index (χ1v) is 51.8. The summed E-state index contributed by atoms with van der Waals surface area (Å²) in [7, 11) is 6.72.